The Balaban J connectivity index is 1.90. The van der Waals surface area contributed by atoms with Gasteiger partial charge in [0.25, 0.3) is 0 Å². The average molecular weight is 203 g/mol. The lowest BCUT2D eigenvalue weighted by molar-refractivity contribution is 0.338. The minimum Gasteiger partial charge on any atom is -0.0888 e. The van der Waals surface area contributed by atoms with Crippen LogP contribution >= 0.6 is 15.9 Å². The molecule has 0 aromatic heterocycles. The monoisotopic (exact) mass is 202 g/mol. The molecule has 2 unspecified atom stereocenters. The molecule has 0 bridgehead atoms. The van der Waals surface area contributed by atoms with Crippen molar-refractivity contribution in [2.45, 2.75) is 43.4 Å². The topological polar surface area (TPSA) is 0 Å². The van der Waals surface area contributed by atoms with Crippen LogP contribution in [0.1, 0.15) is 38.5 Å². The van der Waals surface area contributed by atoms with Crippen LogP contribution in [0, 0.1) is 11.8 Å². The molecule has 10 heavy (non-hydrogen) atoms. The lowest BCUT2D eigenvalue weighted by atomic mass is 9.86. The lowest BCUT2D eigenvalue weighted by Crippen LogP contribution is -2.20. The molecule has 0 aromatic carbocycles. The molecule has 0 aromatic rings. The Morgan fingerprint density at radius 1 is 0.900 bits per heavy atom. The SMILES string of the molecule is BrC1CCCCC1C1CC1. The second-order valence-corrected chi connectivity index (χ2v) is 4.98. The molecule has 0 N–H and O–H groups in total. The van der Waals surface area contributed by atoms with Crippen molar-refractivity contribution in [3.8, 4) is 0 Å². The summed E-state index contributed by atoms with van der Waals surface area (Å²) in [5.41, 5.74) is 0. The van der Waals surface area contributed by atoms with Crippen molar-refractivity contribution in [2.75, 3.05) is 0 Å². The Kier molecular flexibility index (Phi) is 2.03. The van der Waals surface area contributed by atoms with Crippen molar-refractivity contribution in [1.29, 1.82) is 0 Å². The molecule has 2 aliphatic carbocycles. The van der Waals surface area contributed by atoms with Gasteiger partial charge in [0.05, 0.1) is 0 Å². The minimum absolute atomic E-state index is 0.869. The van der Waals surface area contributed by atoms with Gasteiger partial charge in [0.2, 0.25) is 0 Å². The number of hydrogen-bond acceptors (Lipinski definition) is 0. The van der Waals surface area contributed by atoms with E-state index in [2.05, 4.69) is 15.9 Å². The fourth-order valence-corrected chi connectivity index (χ4v) is 3.19. The molecule has 2 fully saturated rings. The Morgan fingerprint density at radius 2 is 1.60 bits per heavy atom. The molecule has 2 aliphatic rings. The third-order valence-electron chi connectivity index (χ3n) is 2.96. The van der Waals surface area contributed by atoms with Gasteiger partial charge in [-0.05, 0) is 37.5 Å². The third kappa shape index (κ3) is 1.39. The van der Waals surface area contributed by atoms with Crippen molar-refractivity contribution >= 4 is 15.9 Å². The van der Waals surface area contributed by atoms with E-state index < -0.39 is 0 Å². The summed E-state index contributed by atoms with van der Waals surface area (Å²) in [6.45, 7) is 0. The van der Waals surface area contributed by atoms with Crippen LogP contribution in [0.2, 0.25) is 0 Å². The molecule has 0 aliphatic heterocycles. The molecule has 1 heteroatoms. The highest BCUT2D eigenvalue weighted by molar-refractivity contribution is 9.09. The van der Waals surface area contributed by atoms with Crippen LogP contribution in [0.4, 0.5) is 0 Å². The van der Waals surface area contributed by atoms with Crippen LogP contribution in [-0.4, -0.2) is 4.83 Å². The highest BCUT2D eigenvalue weighted by Crippen LogP contribution is 2.46. The van der Waals surface area contributed by atoms with Crippen molar-refractivity contribution in [3.05, 3.63) is 0 Å². The fourth-order valence-electron chi connectivity index (χ4n) is 2.17. The van der Waals surface area contributed by atoms with Gasteiger partial charge in [0, 0.05) is 4.83 Å². The van der Waals surface area contributed by atoms with E-state index in [-0.39, 0.29) is 0 Å². The Hall–Kier alpha value is 0.480. The predicted molar refractivity (Wildman–Crippen MR) is 47.4 cm³/mol. The van der Waals surface area contributed by atoms with Crippen LogP contribution < -0.4 is 0 Å². The zero-order valence-electron chi connectivity index (χ0n) is 6.35. The maximum absolute atomic E-state index is 3.80. The molecule has 0 saturated heterocycles. The lowest BCUT2D eigenvalue weighted by Gasteiger charge is -2.26. The number of alkyl halides is 1. The average Bonchev–Trinajstić information content (AvgIpc) is 2.71. The van der Waals surface area contributed by atoms with E-state index in [9.17, 15) is 0 Å². The normalized spacial score (nSPS) is 41.7. The van der Waals surface area contributed by atoms with Crippen LogP contribution in [-0.2, 0) is 0 Å². The number of hydrogen-bond donors (Lipinski definition) is 0. The zero-order valence-corrected chi connectivity index (χ0v) is 7.94. The van der Waals surface area contributed by atoms with Crippen molar-refractivity contribution in [3.63, 3.8) is 0 Å². The first-order valence-corrected chi connectivity index (χ1v) is 5.43. The number of halogens is 1. The largest absolute Gasteiger partial charge is 0.0888 e. The van der Waals surface area contributed by atoms with E-state index in [1.165, 1.54) is 38.5 Å². The molecule has 0 amide bonds. The van der Waals surface area contributed by atoms with Crippen LogP contribution in [0.5, 0.6) is 0 Å². The van der Waals surface area contributed by atoms with Gasteiger partial charge in [0.15, 0.2) is 0 Å². The molecule has 2 saturated carbocycles. The first-order valence-electron chi connectivity index (χ1n) is 4.52. The molecule has 0 heterocycles. The van der Waals surface area contributed by atoms with Gasteiger partial charge < -0.3 is 0 Å². The second-order valence-electron chi connectivity index (χ2n) is 3.80. The molecule has 2 atom stereocenters. The summed E-state index contributed by atoms with van der Waals surface area (Å²) < 4.78 is 0. The molecule has 2 rings (SSSR count). The Bertz CT molecular complexity index is 118. The van der Waals surface area contributed by atoms with Gasteiger partial charge >= 0.3 is 0 Å². The molecule has 58 valence electrons. The van der Waals surface area contributed by atoms with Gasteiger partial charge in [-0.15, -0.1) is 0 Å². The summed E-state index contributed by atoms with van der Waals surface area (Å²) in [5.74, 6) is 2.17. The van der Waals surface area contributed by atoms with Crippen LogP contribution in [0.15, 0.2) is 0 Å². The minimum atomic E-state index is 0.869. The maximum Gasteiger partial charge on any atom is 0.0176 e. The smallest absolute Gasteiger partial charge is 0.0176 e. The van der Waals surface area contributed by atoms with E-state index in [0.29, 0.717) is 0 Å². The highest BCUT2D eigenvalue weighted by atomic mass is 79.9. The van der Waals surface area contributed by atoms with Gasteiger partial charge in [0.1, 0.15) is 0 Å². The first-order chi connectivity index (χ1) is 4.88. The summed E-state index contributed by atoms with van der Waals surface area (Å²) >= 11 is 3.80. The quantitative estimate of drug-likeness (QED) is 0.573. The van der Waals surface area contributed by atoms with E-state index in [1.54, 1.807) is 0 Å². The fraction of sp³-hybridized carbons (Fsp3) is 1.00. The van der Waals surface area contributed by atoms with Crippen molar-refractivity contribution < 1.29 is 0 Å². The molecule has 0 spiro atoms. The van der Waals surface area contributed by atoms with E-state index in [0.717, 1.165) is 16.7 Å². The van der Waals surface area contributed by atoms with Crippen molar-refractivity contribution in [1.82, 2.24) is 0 Å². The Labute approximate surface area is 71.5 Å². The van der Waals surface area contributed by atoms with Gasteiger partial charge in [-0.3, -0.25) is 0 Å². The molecular weight excluding hydrogens is 188 g/mol. The van der Waals surface area contributed by atoms with Gasteiger partial charge in [-0.2, -0.15) is 0 Å². The van der Waals surface area contributed by atoms with E-state index >= 15 is 0 Å². The van der Waals surface area contributed by atoms with E-state index in [1.807, 2.05) is 0 Å². The van der Waals surface area contributed by atoms with Crippen molar-refractivity contribution in [2.24, 2.45) is 11.8 Å². The maximum atomic E-state index is 3.80. The van der Waals surface area contributed by atoms with Crippen LogP contribution in [0.3, 0.4) is 0 Å². The van der Waals surface area contributed by atoms with Gasteiger partial charge in [-0.1, -0.05) is 28.8 Å². The summed E-state index contributed by atoms with van der Waals surface area (Å²) in [5, 5.41) is 0. The first kappa shape index (κ1) is 7.15. The summed E-state index contributed by atoms with van der Waals surface area (Å²) in [4.78, 5) is 0.869. The molecule has 0 nitrogen and oxygen atoms in total. The zero-order chi connectivity index (χ0) is 6.97. The van der Waals surface area contributed by atoms with Crippen LogP contribution in [0.25, 0.3) is 0 Å². The second kappa shape index (κ2) is 2.84. The third-order valence-corrected chi connectivity index (χ3v) is 4.10. The van der Waals surface area contributed by atoms with E-state index in [4.69, 9.17) is 0 Å². The predicted octanol–water partition coefficient (Wildman–Crippen LogP) is 3.35. The molecule has 0 radical (unpaired) electrons. The summed E-state index contributed by atoms with van der Waals surface area (Å²) in [6, 6.07) is 0. The standard InChI is InChI=1S/C9H15Br/c10-9-4-2-1-3-8(9)7-5-6-7/h7-9H,1-6H2. The molecular formula is C9H15Br. The highest BCUT2D eigenvalue weighted by Gasteiger charge is 2.36. The number of rotatable bonds is 1. The summed E-state index contributed by atoms with van der Waals surface area (Å²) in [6.07, 6.45) is 8.92. The summed E-state index contributed by atoms with van der Waals surface area (Å²) in [7, 11) is 0. The van der Waals surface area contributed by atoms with Gasteiger partial charge in [-0.25, -0.2) is 0 Å². The Morgan fingerprint density at radius 3 is 2.20 bits per heavy atom.